The second-order valence-electron chi connectivity index (χ2n) is 3.06. The van der Waals surface area contributed by atoms with E-state index in [1.54, 1.807) is 0 Å². The van der Waals surface area contributed by atoms with Crippen molar-refractivity contribution >= 4 is 6.29 Å². The van der Waals surface area contributed by atoms with Crippen molar-refractivity contribution in [2.75, 3.05) is 40.8 Å². The summed E-state index contributed by atoms with van der Waals surface area (Å²) in [4.78, 5) is 14.3. The third-order valence-corrected chi connectivity index (χ3v) is 1.56. The van der Waals surface area contributed by atoms with Crippen LogP contribution in [0.5, 0.6) is 0 Å². The van der Waals surface area contributed by atoms with Crippen LogP contribution in [-0.2, 0) is 4.79 Å². The summed E-state index contributed by atoms with van der Waals surface area (Å²) in [7, 11) is 6.13. The fourth-order valence-electron chi connectivity index (χ4n) is 0.756. The number of hydrogen-bond acceptors (Lipinski definition) is 3. The smallest absolute Gasteiger partial charge is 0.121 e. The van der Waals surface area contributed by atoms with Gasteiger partial charge in [-0.25, -0.2) is 0 Å². The fraction of sp³-hybridized carbons (Fsp3) is 0.875. The molecule has 3 heteroatoms. The zero-order valence-corrected chi connectivity index (χ0v) is 7.71. The maximum absolute atomic E-state index is 10.0. The molecule has 0 N–H and O–H groups in total. The van der Waals surface area contributed by atoms with Crippen LogP contribution in [0, 0.1) is 0 Å². The van der Waals surface area contributed by atoms with Gasteiger partial charge in [-0.1, -0.05) is 0 Å². The van der Waals surface area contributed by atoms with Crippen molar-refractivity contribution in [3.05, 3.63) is 0 Å². The van der Waals surface area contributed by atoms with Gasteiger partial charge in [-0.05, 0) is 21.1 Å². The molecule has 0 unspecified atom stereocenters. The molecule has 3 nitrogen and oxygen atoms in total. The summed E-state index contributed by atoms with van der Waals surface area (Å²) >= 11 is 0. The lowest BCUT2D eigenvalue weighted by Crippen LogP contribution is -2.29. The van der Waals surface area contributed by atoms with E-state index in [1.165, 1.54) is 0 Å². The number of rotatable bonds is 6. The monoisotopic (exact) mass is 158 g/mol. The maximum Gasteiger partial charge on any atom is 0.121 e. The minimum atomic E-state index is 0.643. The van der Waals surface area contributed by atoms with E-state index in [4.69, 9.17) is 0 Å². The Bertz CT molecular complexity index is 104. The summed E-state index contributed by atoms with van der Waals surface area (Å²) in [5, 5.41) is 0. The average Bonchev–Trinajstić information content (AvgIpc) is 1.97. The Kier molecular flexibility index (Phi) is 6.07. The van der Waals surface area contributed by atoms with E-state index in [0.29, 0.717) is 6.42 Å². The average molecular weight is 158 g/mol. The van der Waals surface area contributed by atoms with Gasteiger partial charge in [0.05, 0.1) is 0 Å². The first-order valence-corrected chi connectivity index (χ1v) is 3.93. The topological polar surface area (TPSA) is 23.6 Å². The van der Waals surface area contributed by atoms with E-state index >= 15 is 0 Å². The molecule has 66 valence electrons. The third-order valence-electron chi connectivity index (χ3n) is 1.56. The summed E-state index contributed by atoms with van der Waals surface area (Å²) in [6, 6.07) is 0. The van der Waals surface area contributed by atoms with Crippen LogP contribution < -0.4 is 0 Å². The van der Waals surface area contributed by atoms with Crippen LogP contribution >= 0.6 is 0 Å². The number of aldehydes is 1. The van der Waals surface area contributed by atoms with Crippen molar-refractivity contribution < 1.29 is 4.79 Å². The van der Waals surface area contributed by atoms with Gasteiger partial charge in [0.25, 0.3) is 0 Å². The van der Waals surface area contributed by atoms with Gasteiger partial charge in [-0.2, -0.15) is 0 Å². The van der Waals surface area contributed by atoms with Gasteiger partial charge in [-0.3, -0.25) is 0 Å². The first kappa shape index (κ1) is 10.6. The SMILES string of the molecule is CN(C)CCN(C)CCC=O. The summed E-state index contributed by atoms with van der Waals surface area (Å²) in [6.07, 6.45) is 1.61. The molecule has 0 amide bonds. The van der Waals surface area contributed by atoms with Gasteiger partial charge in [0.15, 0.2) is 0 Å². The van der Waals surface area contributed by atoms with Gasteiger partial charge >= 0.3 is 0 Å². The Morgan fingerprint density at radius 1 is 1.09 bits per heavy atom. The largest absolute Gasteiger partial charge is 0.308 e. The highest BCUT2D eigenvalue weighted by Crippen LogP contribution is 1.85. The summed E-state index contributed by atoms with van der Waals surface area (Å²) < 4.78 is 0. The first-order chi connectivity index (χ1) is 5.16. The fourth-order valence-corrected chi connectivity index (χ4v) is 0.756. The lowest BCUT2D eigenvalue weighted by atomic mass is 10.4. The summed E-state index contributed by atoms with van der Waals surface area (Å²) in [6.45, 7) is 2.95. The van der Waals surface area contributed by atoms with E-state index in [2.05, 4.69) is 9.80 Å². The molecule has 0 bridgehead atoms. The Labute approximate surface area is 69.0 Å². The molecule has 0 atom stereocenters. The quantitative estimate of drug-likeness (QED) is 0.511. The summed E-state index contributed by atoms with van der Waals surface area (Å²) in [5.41, 5.74) is 0. The molecule has 0 aliphatic rings. The van der Waals surface area contributed by atoms with Crippen LogP contribution in [0.15, 0.2) is 0 Å². The lowest BCUT2D eigenvalue weighted by molar-refractivity contribution is -0.108. The second-order valence-corrected chi connectivity index (χ2v) is 3.06. The first-order valence-electron chi connectivity index (χ1n) is 3.93. The van der Waals surface area contributed by atoms with Gasteiger partial charge in [0.2, 0.25) is 0 Å². The van der Waals surface area contributed by atoms with E-state index in [-0.39, 0.29) is 0 Å². The normalized spacial score (nSPS) is 11.0. The maximum atomic E-state index is 10.0. The predicted octanol–water partition coefficient (Wildman–Crippen LogP) is 0.0688. The molecule has 0 aliphatic carbocycles. The Hall–Kier alpha value is -0.410. The van der Waals surface area contributed by atoms with Crippen LogP contribution in [0.1, 0.15) is 6.42 Å². The molecule has 0 aliphatic heterocycles. The van der Waals surface area contributed by atoms with Crippen LogP contribution in [-0.4, -0.2) is 56.9 Å². The molecule has 0 aromatic heterocycles. The highest BCUT2D eigenvalue weighted by Gasteiger charge is 1.97. The zero-order chi connectivity index (χ0) is 8.69. The highest BCUT2D eigenvalue weighted by atomic mass is 16.1. The third kappa shape index (κ3) is 7.49. The lowest BCUT2D eigenvalue weighted by Gasteiger charge is -2.17. The minimum absolute atomic E-state index is 0.643. The number of carbonyl (C=O) groups is 1. The molecule has 0 saturated carbocycles. The Morgan fingerprint density at radius 2 is 1.73 bits per heavy atom. The number of carbonyl (C=O) groups excluding carboxylic acids is 1. The van der Waals surface area contributed by atoms with E-state index < -0.39 is 0 Å². The second kappa shape index (κ2) is 6.31. The van der Waals surface area contributed by atoms with Crippen molar-refractivity contribution in [3.63, 3.8) is 0 Å². The predicted molar refractivity (Wildman–Crippen MR) is 46.7 cm³/mol. The minimum Gasteiger partial charge on any atom is -0.308 e. The van der Waals surface area contributed by atoms with Crippen LogP contribution in [0.25, 0.3) is 0 Å². The van der Waals surface area contributed by atoms with Crippen molar-refractivity contribution in [2.45, 2.75) is 6.42 Å². The molecule has 0 fully saturated rings. The summed E-state index contributed by atoms with van der Waals surface area (Å²) in [5.74, 6) is 0. The van der Waals surface area contributed by atoms with Gasteiger partial charge in [0, 0.05) is 26.1 Å². The van der Waals surface area contributed by atoms with Crippen LogP contribution in [0.4, 0.5) is 0 Å². The Morgan fingerprint density at radius 3 is 2.18 bits per heavy atom. The molecule has 0 heterocycles. The van der Waals surface area contributed by atoms with Gasteiger partial charge in [-0.15, -0.1) is 0 Å². The number of nitrogens with zero attached hydrogens (tertiary/aromatic N) is 2. The molecule has 0 rings (SSSR count). The molecule has 0 saturated heterocycles. The molecule has 0 aromatic carbocycles. The van der Waals surface area contributed by atoms with Crippen molar-refractivity contribution in [1.82, 2.24) is 9.80 Å². The Balaban J connectivity index is 3.21. The highest BCUT2D eigenvalue weighted by molar-refractivity contribution is 5.49. The van der Waals surface area contributed by atoms with Crippen molar-refractivity contribution in [1.29, 1.82) is 0 Å². The standard InChI is InChI=1S/C8H18N2O/c1-9(2)6-7-10(3)5-4-8-11/h8H,4-7H2,1-3H3. The molecule has 0 spiro atoms. The molecular formula is C8H18N2O. The van der Waals surface area contributed by atoms with Crippen molar-refractivity contribution in [2.24, 2.45) is 0 Å². The molecule has 0 radical (unpaired) electrons. The van der Waals surface area contributed by atoms with E-state index in [9.17, 15) is 4.79 Å². The molecular weight excluding hydrogens is 140 g/mol. The zero-order valence-electron chi connectivity index (χ0n) is 7.71. The molecule has 0 aromatic rings. The van der Waals surface area contributed by atoms with Gasteiger partial charge in [0.1, 0.15) is 6.29 Å². The number of likely N-dealkylation sites (N-methyl/N-ethyl adjacent to an activating group) is 2. The van der Waals surface area contributed by atoms with Gasteiger partial charge < -0.3 is 14.6 Å². The van der Waals surface area contributed by atoms with Crippen LogP contribution in [0.3, 0.4) is 0 Å². The van der Waals surface area contributed by atoms with E-state index in [0.717, 1.165) is 25.9 Å². The van der Waals surface area contributed by atoms with Crippen molar-refractivity contribution in [3.8, 4) is 0 Å². The molecule has 11 heavy (non-hydrogen) atoms. The number of hydrogen-bond donors (Lipinski definition) is 0. The van der Waals surface area contributed by atoms with E-state index in [1.807, 2.05) is 21.1 Å². The van der Waals surface area contributed by atoms with Crippen LogP contribution in [0.2, 0.25) is 0 Å².